The number of amides is 5. The van der Waals surface area contributed by atoms with Gasteiger partial charge in [0.15, 0.2) is 0 Å². The van der Waals surface area contributed by atoms with Gasteiger partial charge in [0.1, 0.15) is 35.2 Å². The minimum atomic E-state index is -1.10. The first-order chi connectivity index (χ1) is 28.0. The number of imide groups is 2. The summed E-state index contributed by atoms with van der Waals surface area (Å²) in [6, 6.07) is 8.52. The quantitative estimate of drug-likeness (QED) is 0.300. The minimum absolute atomic E-state index is 0.00529. The van der Waals surface area contributed by atoms with E-state index in [0.29, 0.717) is 48.4 Å². The van der Waals surface area contributed by atoms with Gasteiger partial charge in [-0.25, -0.2) is 14.4 Å². The highest BCUT2D eigenvalue weighted by Crippen LogP contribution is 2.34. The lowest BCUT2D eigenvalue weighted by molar-refractivity contribution is -0.136. The van der Waals surface area contributed by atoms with Crippen molar-refractivity contribution in [1.29, 1.82) is 5.26 Å². The standard InChI is InChI=1S/C41H43ClFN9O6/c42-31-17-28(4-1-25(31)20-44)58-27-5-2-26(3-6-27)47-38(54)33-21-46-36(22-45-33)51-11-9-24(10-12-51)23-49-13-15-50(16-14-49)35-19-30-29(18-32(35)43)40(56)52(41(30)57)34-7-8-37(53)48-39(34)55/h1,4,17-19,21-22,24,26-27,34H,2-3,5-16,23H2,(H,47,54)(H,48,53,55). The number of halogens is 2. The molecule has 8 rings (SSSR count). The maximum absolute atomic E-state index is 15.4. The fourth-order valence-electron chi connectivity index (χ4n) is 8.64. The lowest BCUT2D eigenvalue weighted by atomic mass is 9.93. The molecule has 5 heterocycles. The van der Waals surface area contributed by atoms with Crippen molar-refractivity contribution in [2.75, 3.05) is 55.6 Å². The van der Waals surface area contributed by atoms with Crippen LogP contribution in [0.2, 0.25) is 5.02 Å². The predicted molar refractivity (Wildman–Crippen MR) is 209 cm³/mol. The highest BCUT2D eigenvalue weighted by molar-refractivity contribution is 6.31. The number of rotatable bonds is 9. The molecule has 1 atom stereocenters. The summed E-state index contributed by atoms with van der Waals surface area (Å²) in [7, 11) is 0. The van der Waals surface area contributed by atoms with Crippen LogP contribution in [0.3, 0.4) is 0 Å². The molecule has 1 aliphatic carbocycles. The van der Waals surface area contributed by atoms with Crippen molar-refractivity contribution in [2.45, 2.75) is 69.6 Å². The van der Waals surface area contributed by atoms with Gasteiger partial charge in [0.2, 0.25) is 11.8 Å². The maximum atomic E-state index is 15.4. The summed E-state index contributed by atoms with van der Waals surface area (Å²) >= 11 is 6.14. The van der Waals surface area contributed by atoms with Crippen molar-refractivity contribution >= 4 is 52.6 Å². The van der Waals surface area contributed by atoms with Crippen LogP contribution in [0.5, 0.6) is 5.75 Å². The highest BCUT2D eigenvalue weighted by atomic mass is 35.5. The van der Waals surface area contributed by atoms with Gasteiger partial charge >= 0.3 is 0 Å². The second kappa shape index (κ2) is 16.7. The average Bonchev–Trinajstić information content (AvgIpc) is 3.46. The number of nitrogens with zero attached hydrogens (tertiary/aromatic N) is 7. The molecule has 0 bridgehead atoms. The van der Waals surface area contributed by atoms with E-state index >= 15 is 4.39 Å². The second-order valence-corrected chi connectivity index (χ2v) is 16.0. The minimum Gasteiger partial charge on any atom is -0.490 e. The molecule has 4 fully saturated rings. The number of carbonyl (C=O) groups excluding carboxylic acids is 5. The number of aromatic nitrogens is 2. The van der Waals surface area contributed by atoms with Crippen LogP contribution in [0.4, 0.5) is 15.9 Å². The van der Waals surface area contributed by atoms with Gasteiger partial charge in [-0.2, -0.15) is 5.26 Å². The molecular weight excluding hydrogens is 769 g/mol. The summed E-state index contributed by atoms with van der Waals surface area (Å²) < 4.78 is 21.5. The van der Waals surface area contributed by atoms with Gasteiger partial charge < -0.3 is 19.9 Å². The highest BCUT2D eigenvalue weighted by Gasteiger charge is 2.45. The predicted octanol–water partition coefficient (Wildman–Crippen LogP) is 3.70. The molecule has 15 nitrogen and oxygen atoms in total. The third-order valence-electron chi connectivity index (χ3n) is 11.9. The molecule has 1 aromatic heterocycles. The third kappa shape index (κ3) is 8.19. The number of nitriles is 1. The molecule has 1 unspecified atom stereocenters. The first kappa shape index (κ1) is 39.2. The molecule has 2 aromatic carbocycles. The van der Waals surface area contributed by atoms with Crippen LogP contribution in [0.15, 0.2) is 42.7 Å². The number of carbonyl (C=O) groups is 5. The van der Waals surface area contributed by atoms with E-state index in [2.05, 4.69) is 30.4 Å². The van der Waals surface area contributed by atoms with Gasteiger partial charge in [-0.1, -0.05) is 11.6 Å². The summed E-state index contributed by atoms with van der Waals surface area (Å²) in [5.74, 6) is -1.55. The van der Waals surface area contributed by atoms with Crippen LogP contribution in [-0.2, 0) is 9.59 Å². The van der Waals surface area contributed by atoms with E-state index in [4.69, 9.17) is 21.6 Å². The van der Waals surface area contributed by atoms with E-state index in [-0.39, 0.29) is 53.4 Å². The molecule has 58 heavy (non-hydrogen) atoms. The van der Waals surface area contributed by atoms with Crippen LogP contribution in [0.1, 0.15) is 88.1 Å². The SMILES string of the molecule is N#Cc1ccc(OC2CCC(NC(=O)c3cnc(N4CCC(CN5CCN(c6cc7c(cc6F)C(=O)N(C6CCC(=O)NC6=O)C7=O)CC5)CC4)cn3)CC2)cc1Cl. The van der Waals surface area contributed by atoms with Crippen molar-refractivity contribution in [3.63, 3.8) is 0 Å². The van der Waals surface area contributed by atoms with E-state index in [1.54, 1.807) is 24.4 Å². The summed E-state index contributed by atoms with van der Waals surface area (Å²) in [6.45, 7) is 5.06. The lowest BCUT2D eigenvalue weighted by Gasteiger charge is -2.40. The second-order valence-electron chi connectivity index (χ2n) is 15.6. The zero-order chi connectivity index (χ0) is 40.5. The van der Waals surface area contributed by atoms with Crippen LogP contribution in [0, 0.1) is 23.1 Å². The van der Waals surface area contributed by atoms with Crippen molar-refractivity contribution in [1.82, 2.24) is 30.4 Å². The Bertz CT molecular complexity index is 2160. The number of nitrogens with one attached hydrogen (secondary N) is 2. The molecule has 0 spiro atoms. The molecule has 302 valence electrons. The summed E-state index contributed by atoms with van der Waals surface area (Å²) in [5, 5.41) is 14.7. The van der Waals surface area contributed by atoms with E-state index in [1.807, 2.05) is 11.0 Å². The van der Waals surface area contributed by atoms with Crippen molar-refractivity contribution in [3.8, 4) is 11.8 Å². The van der Waals surface area contributed by atoms with Crippen molar-refractivity contribution < 1.29 is 33.1 Å². The largest absolute Gasteiger partial charge is 0.490 e. The number of piperidine rings is 2. The molecule has 17 heteroatoms. The average molecular weight is 812 g/mol. The Morgan fingerprint density at radius 1 is 0.897 bits per heavy atom. The fourth-order valence-corrected chi connectivity index (χ4v) is 8.85. The van der Waals surface area contributed by atoms with Crippen molar-refractivity contribution in [3.05, 3.63) is 75.9 Å². The molecular formula is C41H43ClFN9O6. The monoisotopic (exact) mass is 811 g/mol. The Labute approximate surface area is 339 Å². The number of piperazine rings is 1. The van der Waals surface area contributed by atoms with E-state index in [1.165, 1.54) is 12.3 Å². The van der Waals surface area contributed by atoms with Gasteiger partial charge in [-0.15, -0.1) is 0 Å². The normalized spacial score (nSPS) is 23.1. The lowest BCUT2D eigenvalue weighted by Crippen LogP contribution is -2.54. The topological polar surface area (TPSA) is 181 Å². The Morgan fingerprint density at radius 3 is 2.28 bits per heavy atom. The first-order valence-corrected chi connectivity index (χ1v) is 20.2. The zero-order valence-electron chi connectivity index (χ0n) is 31.8. The Morgan fingerprint density at radius 2 is 1.62 bits per heavy atom. The molecule has 3 saturated heterocycles. The van der Waals surface area contributed by atoms with E-state index < -0.39 is 35.5 Å². The van der Waals surface area contributed by atoms with Gasteiger partial charge in [0.25, 0.3) is 17.7 Å². The molecule has 4 aliphatic heterocycles. The summed E-state index contributed by atoms with van der Waals surface area (Å²) in [5.41, 5.74) is 0.931. The maximum Gasteiger partial charge on any atom is 0.271 e. The number of hydrogen-bond acceptors (Lipinski definition) is 12. The molecule has 1 saturated carbocycles. The molecule has 5 amide bonds. The smallest absolute Gasteiger partial charge is 0.271 e. The molecule has 2 N–H and O–H groups in total. The van der Waals surface area contributed by atoms with Gasteiger partial charge in [0, 0.05) is 64.3 Å². The summed E-state index contributed by atoms with van der Waals surface area (Å²) in [4.78, 5) is 79.7. The zero-order valence-corrected chi connectivity index (χ0v) is 32.5. The number of anilines is 2. The summed E-state index contributed by atoms with van der Waals surface area (Å²) in [6.07, 6.45) is 8.27. The Hall–Kier alpha value is -5.66. The fraction of sp³-hybridized carbons (Fsp3) is 0.463. The van der Waals surface area contributed by atoms with E-state index in [9.17, 15) is 24.0 Å². The molecule has 0 radical (unpaired) electrons. The third-order valence-corrected chi connectivity index (χ3v) is 12.2. The van der Waals surface area contributed by atoms with Crippen LogP contribution >= 0.6 is 11.6 Å². The Kier molecular flexibility index (Phi) is 11.3. The first-order valence-electron chi connectivity index (χ1n) is 19.8. The van der Waals surface area contributed by atoms with Crippen LogP contribution < -0.4 is 25.2 Å². The van der Waals surface area contributed by atoms with Crippen molar-refractivity contribution in [2.24, 2.45) is 5.92 Å². The number of fused-ring (bicyclic) bond motifs is 1. The Balaban J connectivity index is 0.764. The number of hydrogen-bond donors (Lipinski definition) is 2. The molecule has 3 aromatic rings. The van der Waals surface area contributed by atoms with E-state index in [0.717, 1.165) is 74.9 Å². The van der Waals surface area contributed by atoms with Gasteiger partial charge in [-0.3, -0.25) is 39.1 Å². The van der Waals surface area contributed by atoms with Crippen LogP contribution in [0.25, 0.3) is 0 Å². The number of ether oxygens (including phenoxy) is 1. The van der Waals surface area contributed by atoms with Gasteiger partial charge in [0.05, 0.1) is 45.9 Å². The number of benzene rings is 2. The van der Waals surface area contributed by atoms with Crippen LogP contribution in [-0.4, -0.2) is 113 Å². The van der Waals surface area contributed by atoms with Gasteiger partial charge in [-0.05, 0) is 75.1 Å². The molecule has 5 aliphatic rings.